The average molecular weight is 359 g/mol. The van der Waals surface area contributed by atoms with Gasteiger partial charge in [0.15, 0.2) is 0 Å². The molecule has 144 valence electrons. The summed E-state index contributed by atoms with van der Waals surface area (Å²) in [5, 5.41) is 3.05. The number of hydrogen-bond donors (Lipinski definition) is 1. The number of hydrogen-bond acceptors (Lipinski definition) is 4. The Morgan fingerprint density at radius 1 is 1.15 bits per heavy atom. The molecular weight excluding hydrogens is 324 g/mol. The van der Waals surface area contributed by atoms with Crippen LogP contribution in [0.5, 0.6) is 0 Å². The highest BCUT2D eigenvalue weighted by atomic mass is 16.1. The Morgan fingerprint density at radius 2 is 1.92 bits per heavy atom. The zero-order valence-electron chi connectivity index (χ0n) is 16.3. The van der Waals surface area contributed by atoms with Crippen molar-refractivity contribution in [1.82, 2.24) is 15.2 Å². The van der Waals surface area contributed by atoms with Gasteiger partial charge in [0.1, 0.15) is 5.82 Å². The van der Waals surface area contributed by atoms with Gasteiger partial charge in [-0.15, -0.1) is 0 Å². The molecule has 1 saturated heterocycles. The molecule has 2 fully saturated rings. The van der Waals surface area contributed by atoms with Crippen LogP contribution in [0.1, 0.15) is 57.4 Å². The summed E-state index contributed by atoms with van der Waals surface area (Å²) in [5.74, 6) is 1.99. The maximum atomic E-state index is 12.1. The van der Waals surface area contributed by atoms with Crippen LogP contribution < -0.4 is 10.2 Å². The number of carbonyl (C=O) groups excluding carboxylic acids is 1. The van der Waals surface area contributed by atoms with E-state index in [2.05, 4.69) is 39.2 Å². The number of amides is 1. The van der Waals surface area contributed by atoms with E-state index in [0.717, 1.165) is 56.4 Å². The van der Waals surface area contributed by atoms with E-state index in [1.807, 2.05) is 6.20 Å². The molecule has 1 aliphatic carbocycles. The molecule has 2 heterocycles. The first-order valence-electron chi connectivity index (χ1n) is 10.4. The monoisotopic (exact) mass is 358 g/mol. The molecule has 3 rings (SSSR count). The summed E-state index contributed by atoms with van der Waals surface area (Å²) < 4.78 is 0. The van der Waals surface area contributed by atoms with Crippen molar-refractivity contribution in [3.63, 3.8) is 0 Å². The molecule has 1 aromatic rings. The summed E-state index contributed by atoms with van der Waals surface area (Å²) in [7, 11) is 0. The van der Waals surface area contributed by atoms with Crippen LogP contribution in [0.4, 0.5) is 5.82 Å². The number of carbonyl (C=O) groups is 1. The van der Waals surface area contributed by atoms with E-state index < -0.39 is 0 Å². The number of rotatable bonds is 7. The highest BCUT2D eigenvalue weighted by Gasteiger charge is 2.17. The molecule has 1 aromatic heterocycles. The second-order valence-corrected chi connectivity index (χ2v) is 7.77. The van der Waals surface area contributed by atoms with Crippen LogP contribution in [0.2, 0.25) is 0 Å². The summed E-state index contributed by atoms with van der Waals surface area (Å²) in [5.41, 5.74) is 1.08. The zero-order valence-corrected chi connectivity index (χ0v) is 16.3. The maximum absolute atomic E-state index is 12.1. The maximum Gasteiger partial charge on any atom is 0.220 e. The van der Waals surface area contributed by atoms with Gasteiger partial charge >= 0.3 is 0 Å². The SMILES string of the molecule is CCN1CCN(c2ccc(CNC(=O)CCC3CCCCC3)cn2)CC1. The van der Waals surface area contributed by atoms with Gasteiger partial charge in [-0.3, -0.25) is 4.79 Å². The number of piperazine rings is 1. The van der Waals surface area contributed by atoms with Crippen molar-refractivity contribution < 1.29 is 4.79 Å². The summed E-state index contributed by atoms with van der Waals surface area (Å²) in [6, 6.07) is 4.18. The van der Waals surface area contributed by atoms with E-state index in [4.69, 9.17) is 0 Å². The lowest BCUT2D eigenvalue weighted by Crippen LogP contribution is -2.46. The van der Waals surface area contributed by atoms with Crippen molar-refractivity contribution in [3.05, 3.63) is 23.9 Å². The van der Waals surface area contributed by atoms with E-state index in [-0.39, 0.29) is 5.91 Å². The second-order valence-electron chi connectivity index (χ2n) is 7.77. The van der Waals surface area contributed by atoms with E-state index in [0.29, 0.717) is 13.0 Å². The van der Waals surface area contributed by atoms with E-state index in [9.17, 15) is 4.79 Å². The van der Waals surface area contributed by atoms with Gasteiger partial charge in [0.25, 0.3) is 0 Å². The molecule has 0 radical (unpaired) electrons. The number of likely N-dealkylation sites (N-methyl/N-ethyl adjacent to an activating group) is 1. The minimum absolute atomic E-state index is 0.176. The topological polar surface area (TPSA) is 48.5 Å². The molecule has 1 N–H and O–H groups in total. The van der Waals surface area contributed by atoms with Crippen LogP contribution in [0.15, 0.2) is 18.3 Å². The number of aromatic nitrogens is 1. The van der Waals surface area contributed by atoms with Crippen LogP contribution in [0, 0.1) is 5.92 Å². The largest absolute Gasteiger partial charge is 0.354 e. The molecule has 2 aliphatic rings. The Bertz CT molecular complexity index is 546. The van der Waals surface area contributed by atoms with Gasteiger partial charge in [-0.25, -0.2) is 4.98 Å². The molecule has 0 spiro atoms. The Hall–Kier alpha value is -1.62. The fourth-order valence-corrected chi connectivity index (χ4v) is 4.10. The molecule has 26 heavy (non-hydrogen) atoms. The molecule has 1 amide bonds. The summed E-state index contributed by atoms with van der Waals surface area (Å²) in [4.78, 5) is 21.5. The predicted molar refractivity (Wildman–Crippen MR) is 106 cm³/mol. The first-order chi connectivity index (χ1) is 12.7. The van der Waals surface area contributed by atoms with Gasteiger partial charge in [0, 0.05) is 45.3 Å². The fourth-order valence-electron chi connectivity index (χ4n) is 4.10. The van der Waals surface area contributed by atoms with Crippen LogP contribution in [-0.2, 0) is 11.3 Å². The lowest BCUT2D eigenvalue weighted by Gasteiger charge is -2.34. The van der Waals surface area contributed by atoms with Crippen LogP contribution in [0.3, 0.4) is 0 Å². The molecule has 1 aliphatic heterocycles. The zero-order chi connectivity index (χ0) is 18.2. The Morgan fingerprint density at radius 3 is 2.58 bits per heavy atom. The first-order valence-corrected chi connectivity index (χ1v) is 10.4. The van der Waals surface area contributed by atoms with Crippen molar-refractivity contribution >= 4 is 11.7 Å². The quantitative estimate of drug-likeness (QED) is 0.813. The van der Waals surface area contributed by atoms with Gasteiger partial charge in [-0.1, -0.05) is 45.1 Å². The fraction of sp³-hybridized carbons (Fsp3) is 0.714. The van der Waals surface area contributed by atoms with Gasteiger partial charge in [-0.05, 0) is 30.5 Å². The molecule has 1 saturated carbocycles. The number of anilines is 1. The van der Waals surface area contributed by atoms with E-state index in [1.165, 1.54) is 32.1 Å². The molecule has 0 unspecified atom stereocenters. The Labute approximate surface area is 158 Å². The van der Waals surface area contributed by atoms with E-state index in [1.54, 1.807) is 0 Å². The number of pyridine rings is 1. The third-order valence-corrected chi connectivity index (χ3v) is 5.95. The molecular formula is C21H34N4O. The molecule has 0 aromatic carbocycles. The smallest absolute Gasteiger partial charge is 0.220 e. The highest BCUT2D eigenvalue weighted by molar-refractivity contribution is 5.75. The Kier molecular flexibility index (Phi) is 7.30. The van der Waals surface area contributed by atoms with Gasteiger partial charge in [0.2, 0.25) is 5.91 Å². The number of nitrogens with zero attached hydrogens (tertiary/aromatic N) is 3. The normalized spacial score (nSPS) is 19.5. The third-order valence-electron chi connectivity index (χ3n) is 5.95. The summed E-state index contributed by atoms with van der Waals surface area (Å²) >= 11 is 0. The standard InChI is InChI=1S/C21H34N4O/c1-2-24-12-14-25(15-13-24)20-10-8-19(16-22-20)17-23-21(26)11-9-18-6-4-3-5-7-18/h8,10,16,18H,2-7,9,11-15,17H2,1H3,(H,23,26). The second kappa shape index (κ2) is 9.91. The highest BCUT2D eigenvalue weighted by Crippen LogP contribution is 2.27. The minimum atomic E-state index is 0.176. The van der Waals surface area contributed by atoms with Crippen LogP contribution in [0.25, 0.3) is 0 Å². The average Bonchev–Trinajstić information content (AvgIpc) is 2.72. The van der Waals surface area contributed by atoms with Crippen molar-refractivity contribution in [3.8, 4) is 0 Å². The molecule has 0 atom stereocenters. The van der Waals surface area contributed by atoms with Crippen molar-refractivity contribution in [2.24, 2.45) is 5.92 Å². The van der Waals surface area contributed by atoms with Crippen molar-refractivity contribution in [2.45, 2.75) is 58.4 Å². The van der Waals surface area contributed by atoms with Gasteiger partial charge in [-0.2, -0.15) is 0 Å². The lowest BCUT2D eigenvalue weighted by atomic mass is 9.86. The summed E-state index contributed by atoms with van der Waals surface area (Å²) in [6.07, 6.45) is 10.3. The Balaban J connectivity index is 1.38. The lowest BCUT2D eigenvalue weighted by molar-refractivity contribution is -0.121. The van der Waals surface area contributed by atoms with Crippen LogP contribution >= 0.6 is 0 Å². The van der Waals surface area contributed by atoms with Crippen molar-refractivity contribution in [1.29, 1.82) is 0 Å². The first kappa shape index (κ1) is 19.2. The van der Waals surface area contributed by atoms with Crippen molar-refractivity contribution in [2.75, 3.05) is 37.6 Å². The molecule has 5 nitrogen and oxygen atoms in total. The number of nitrogens with one attached hydrogen (secondary N) is 1. The minimum Gasteiger partial charge on any atom is -0.354 e. The molecule has 0 bridgehead atoms. The van der Waals surface area contributed by atoms with Crippen LogP contribution in [-0.4, -0.2) is 48.5 Å². The third kappa shape index (κ3) is 5.70. The van der Waals surface area contributed by atoms with E-state index >= 15 is 0 Å². The summed E-state index contributed by atoms with van der Waals surface area (Å²) in [6.45, 7) is 8.22. The predicted octanol–water partition coefficient (Wildman–Crippen LogP) is 3.20. The molecule has 5 heteroatoms. The van der Waals surface area contributed by atoms with Gasteiger partial charge in [0.05, 0.1) is 0 Å². The van der Waals surface area contributed by atoms with Gasteiger partial charge < -0.3 is 15.1 Å².